The van der Waals surface area contributed by atoms with Crippen LogP contribution in [-0.2, 0) is 23.9 Å². The fourth-order valence-corrected chi connectivity index (χ4v) is 4.59. The third-order valence-corrected chi connectivity index (χ3v) is 7.21. The van der Waals surface area contributed by atoms with Gasteiger partial charge in [0.05, 0.1) is 0 Å². The highest BCUT2D eigenvalue weighted by atomic mass is 16.5. The van der Waals surface area contributed by atoms with Gasteiger partial charge in [0, 0.05) is 12.8 Å². The Balaban J connectivity index is 3.69. The van der Waals surface area contributed by atoms with Gasteiger partial charge in [-0.05, 0) is 12.8 Å². The van der Waals surface area contributed by atoms with Gasteiger partial charge in [0.1, 0.15) is 19.1 Å². The number of unbranched alkanes of at least 4 members (excludes halogenated alkanes) is 20. The molecule has 0 aliphatic rings. The van der Waals surface area contributed by atoms with Crippen molar-refractivity contribution in [2.24, 2.45) is 5.92 Å². The van der Waals surface area contributed by atoms with E-state index in [9.17, 15) is 19.5 Å². The molecule has 0 aliphatic carbocycles. The van der Waals surface area contributed by atoms with Gasteiger partial charge in [-0.25, -0.2) is 0 Å². The van der Waals surface area contributed by atoms with Crippen molar-refractivity contribution in [1.29, 1.82) is 0 Å². The van der Waals surface area contributed by atoms with E-state index < -0.39 is 11.9 Å². The van der Waals surface area contributed by atoms with Crippen LogP contribution in [0.5, 0.6) is 0 Å². The Morgan fingerprint density at radius 2 is 0.737 bits per heavy atom. The molecule has 6 heteroatoms. The Kier molecular flexibility index (Phi) is 27.2. The van der Waals surface area contributed by atoms with Gasteiger partial charge in [-0.15, -0.1) is 0 Å². The van der Waals surface area contributed by atoms with E-state index in [0.717, 1.165) is 38.5 Å². The van der Waals surface area contributed by atoms with E-state index in [1.165, 1.54) is 103 Å². The first kappa shape index (κ1) is 36.4. The minimum absolute atomic E-state index is 0.252. The molecule has 0 atom stereocenters. The summed E-state index contributed by atoms with van der Waals surface area (Å²) in [5.74, 6) is -2.88. The molecule has 0 aromatic heterocycles. The zero-order valence-corrected chi connectivity index (χ0v) is 25.0. The maximum absolute atomic E-state index is 12.0. The maximum atomic E-state index is 12.0. The lowest BCUT2D eigenvalue weighted by Crippen LogP contribution is -2.27. The Labute approximate surface area is 234 Å². The summed E-state index contributed by atoms with van der Waals surface area (Å²) in [7, 11) is 0. The summed E-state index contributed by atoms with van der Waals surface area (Å²) in [4.78, 5) is 35.4. The van der Waals surface area contributed by atoms with Crippen molar-refractivity contribution in [2.45, 2.75) is 168 Å². The molecule has 0 aromatic rings. The molecule has 1 N–H and O–H groups in total. The zero-order valence-electron chi connectivity index (χ0n) is 25.0. The third kappa shape index (κ3) is 26.0. The average molecular weight is 541 g/mol. The molecule has 0 rings (SSSR count). The fraction of sp³-hybridized carbons (Fsp3) is 0.906. The predicted molar refractivity (Wildman–Crippen MR) is 155 cm³/mol. The van der Waals surface area contributed by atoms with Gasteiger partial charge in [0.25, 0.3) is 0 Å². The van der Waals surface area contributed by atoms with Crippen molar-refractivity contribution in [3.63, 3.8) is 0 Å². The maximum Gasteiger partial charge on any atom is 0.313 e. The molecule has 0 unspecified atom stereocenters. The van der Waals surface area contributed by atoms with Gasteiger partial charge in [0.2, 0.25) is 0 Å². The molecule has 38 heavy (non-hydrogen) atoms. The van der Waals surface area contributed by atoms with Crippen LogP contribution in [0.3, 0.4) is 0 Å². The van der Waals surface area contributed by atoms with E-state index in [4.69, 9.17) is 9.47 Å². The fourth-order valence-electron chi connectivity index (χ4n) is 4.59. The van der Waals surface area contributed by atoms with Crippen LogP contribution in [0.25, 0.3) is 0 Å². The topological polar surface area (TPSA) is 89.9 Å². The van der Waals surface area contributed by atoms with E-state index in [1.807, 2.05) is 0 Å². The first-order valence-electron chi connectivity index (χ1n) is 16.0. The normalized spacial score (nSPS) is 11.1. The van der Waals surface area contributed by atoms with Crippen LogP contribution in [-0.4, -0.2) is 36.2 Å². The number of carboxylic acid groups (broad SMARTS) is 1. The minimum Gasteiger partial charge on any atom is -0.481 e. The van der Waals surface area contributed by atoms with E-state index in [1.54, 1.807) is 0 Å². The highest BCUT2D eigenvalue weighted by Gasteiger charge is 2.22. The minimum atomic E-state index is -1.12. The Hall–Kier alpha value is -1.59. The number of carbonyl (C=O) groups is 3. The largest absolute Gasteiger partial charge is 0.481 e. The van der Waals surface area contributed by atoms with Crippen LogP contribution in [0.15, 0.2) is 0 Å². The van der Waals surface area contributed by atoms with Crippen LogP contribution in [0.4, 0.5) is 0 Å². The van der Waals surface area contributed by atoms with Gasteiger partial charge in [0.15, 0.2) is 0 Å². The lowest BCUT2D eigenvalue weighted by atomic mass is 10.1. The average Bonchev–Trinajstić information content (AvgIpc) is 2.90. The van der Waals surface area contributed by atoms with E-state index >= 15 is 0 Å². The molecule has 0 bridgehead atoms. The molecule has 0 saturated carbocycles. The number of carboxylic acids is 1. The lowest BCUT2D eigenvalue weighted by Gasteiger charge is -2.13. The van der Waals surface area contributed by atoms with Crippen LogP contribution in [0.2, 0.25) is 0 Å². The van der Waals surface area contributed by atoms with Crippen LogP contribution >= 0.6 is 0 Å². The van der Waals surface area contributed by atoms with Crippen molar-refractivity contribution < 1.29 is 29.0 Å². The molecule has 0 saturated heterocycles. The summed E-state index contributed by atoms with van der Waals surface area (Å²) >= 11 is 0. The quantitative estimate of drug-likeness (QED) is 0.0751. The monoisotopic (exact) mass is 540 g/mol. The van der Waals surface area contributed by atoms with Gasteiger partial charge in [-0.2, -0.15) is 0 Å². The standard InChI is InChI=1S/C32H60O6/c1-3-5-7-9-11-13-15-17-19-21-23-25-30(33)37-27-29(32(35)36)28-38-31(34)26-24-22-20-18-16-14-12-10-8-6-4-2/h29H,3-28H2,1-2H3,(H,35,36). The molecular weight excluding hydrogens is 480 g/mol. The molecular formula is C32H60O6. The van der Waals surface area contributed by atoms with Crippen molar-refractivity contribution in [1.82, 2.24) is 0 Å². The van der Waals surface area contributed by atoms with E-state index in [2.05, 4.69) is 13.8 Å². The molecule has 0 spiro atoms. The number of hydrogen-bond acceptors (Lipinski definition) is 5. The van der Waals surface area contributed by atoms with Crippen LogP contribution in [0.1, 0.15) is 168 Å². The number of carbonyl (C=O) groups excluding carboxylic acids is 2. The number of ether oxygens (including phenoxy) is 2. The van der Waals surface area contributed by atoms with Gasteiger partial charge in [-0.1, -0.05) is 142 Å². The number of hydrogen-bond donors (Lipinski definition) is 1. The van der Waals surface area contributed by atoms with Crippen molar-refractivity contribution >= 4 is 17.9 Å². The summed E-state index contributed by atoms with van der Waals surface area (Å²) in [6, 6.07) is 0. The number of esters is 2. The molecule has 0 aromatic carbocycles. The smallest absolute Gasteiger partial charge is 0.313 e. The predicted octanol–water partition coefficient (Wildman–Crippen LogP) is 9.18. The highest BCUT2D eigenvalue weighted by molar-refractivity contribution is 5.73. The van der Waals surface area contributed by atoms with Crippen molar-refractivity contribution in [3.8, 4) is 0 Å². The second-order valence-electron chi connectivity index (χ2n) is 11.0. The van der Waals surface area contributed by atoms with Crippen LogP contribution < -0.4 is 0 Å². The Morgan fingerprint density at radius 3 is 1.00 bits per heavy atom. The molecule has 0 amide bonds. The number of rotatable bonds is 29. The highest BCUT2D eigenvalue weighted by Crippen LogP contribution is 2.14. The number of aliphatic carboxylic acids is 1. The van der Waals surface area contributed by atoms with E-state index in [-0.39, 0.29) is 25.2 Å². The molecule has 224 valence electrons. The Bertz CT molecular complexity index is 520. The molecule has 6 nitrogen and oxygen atoms in total. The molecule has 0 fully saturated rings. The van der Waals surface area contributed by atoms with Gasteiger partial charge < -0.3 is 14.6 Å². The zero-order chi connectivity index (χ0) is 28.1. The summed E-state index contributed by atoms with van der Waals surface area (Å²) in [5.41, 5.74) is 0. The summed E-state index contributed by atoms with van der Waals surface area (Å²) in [6.07, 6.45) is 27.2. The third-order valence-electron chi connectivity index (χ3n) is 7.21. The second kappa shape index (κ2) is 28.4. The SMILES string of the molecule is CCCCCCCCCCCCCC(=O)OCC(COC(=O)CCCCCCCCCCCCC)C(=O)O. The summed E-state index contributed by atoms with van der Waals surface area (Å²) in [5, 5.41) is 9.37. The van der Waals surface area contributed by atoms with Crippen molar-refractivity contribution in [3.05, 3.63) is 0 Å². The van der Waals surface area contributed by atoms with E-state index in [0.29, 0.717) is 12.8 Å². The Morgan fingerprint density at radius 1 is 0.474 bits per heavy atom. The van der Waals surface area contributed by atoms with Gasteiger partial charge >= 0.3 is 17.9 Å². The first-order valence-corrected chi connectivity index (χ1v) is 16.0. The van der Waals surface area contributed by atoms with Crippen LogP contribution in [0, 0.1) is 5.92 Å². The van der Waals surface area contributed by atoms with Gasteiger partial charge in [-0.3, -0.25) is 14.4 Å². The molecule has 0 aliphatic heterocycles. The second-order valence-corrected chi connectivity index (χ2v) is 11.0. The summed E-state index contributed by atoms with van der Waals surface area (Å²) < 4.78 is 10.3. The molecule has 0 radical (unpaired) electrons. The molecule has 0 heterocycles. The summed E-state index contributed by atoms with van der Waals surface area (Å²) in [6.45, 7) is 3.96. The van der Waals surface area contributed by atoms with Crippen molar-refractivity contribution in [2.75, 3.05) is 13.2 Å². The first-order chi connectivity index (χ1) is 18.5. The lowest BCUT2D eigenvalue weighted by molar-refractivity contribution is -0.156.